The molecule has 0 aromatic heterocycles. The summed E-state index contributed by atoms with van der Waals surface area (Å²) < 4.78 is 6.77. The molecule has 1 saturated carbocycles. The number of hydrogen-bond acceptors (Lipinski definition) is 4. The third-order valence-electron chi connectivity index (χ3n) is 6.16. The second-order valence-corrected chi connectivity index (χ2v) is 10.3. The maximum Gasteiger partial charge on any atom is 0.411 e. The lowest BCUT2D eigenvalue weighted by Crippen LogP contribution is -2.50. The van der Waals surface area contributed by atoms with Crippen molar-refractivity contribution in [1.82, 2.24) is 10.2 Å². The second kappa shape index (κ2) is 6.92. The van der Waals surface area contributed by atoms with E-state index in [2.05, 4.69) is 64.2 Å². The third kappa shape index (κ3) is 3.46. The summed E-state index contributed by atoms with van der Waals surface area (Å²) in [5, 5.41) is 5.90. The Hall–Kier alpha value is -2.18. The van der Waals surface area contributed by atoms with Crippen molar-refractivity contribution in [1.29, 1.82) is 0 Å². The van der Waals surface area contributed by atoms with Gasteiger partial charge in [-0.1, -0.05) is 40.7 Å². The molecule has 5 rings (SSSR count). The van der Waals surface area contributed by atoms with Crippen LogP contribution in [0.3, 0.4) is 0 Å². The number of rotatable bonds is 2. The van der Waals surface area contributed by atoms with Crippen LogP contribution in [0.25, 0.3) is 10.8 Å². The molecule has 4 atom stereocenters. The molecule has 2 aromatic carbocycles. The number of aliphatic imine (C=N–C) groups is 1. The zero-order valence-corrected chi connectivity index (χ0v) is 19.1. The Labute approximate surface area is 185 Å². The van der Waals surface area contributed by atoms with Crippen LogP contribution < -0.4 is 5.32 Å². The number of piperidine rings is 1. The van der Waals surface area contributed by atoms with Gasteiger partial charge in [0.05, 0.1) is 17.8 Å². The first kappa shape index (κ1) is 19.8. The van der Waals surface area contributed by atoms with Crippen LogP contribution in [0.4, 0.5) is 4.79 Å². The van der Waals surface area contributed by atoms with Gasteiger partial charge in [-0.05, 0) is 67.3 Å². The number of fused-ring (bicyclic) bond motifs is 2. The van der Waals surface area contributed by atoms with Crippen molar-refractivity contribution < 1.29 is 9.53 Å². The average Bonchev–Trinajstić information content (AvgIpc) is 3.08. The smallest absolute Gasteiger partial charge is 0.411 e. The molecule has 2 fully saturated rings. The van der Waals surface area contributed by atoms with Crippen LogP contribution in [0.2, 0.25) is 0 Å². The number of carbonyl (C=O) groups is 1. The lowest BCUT2D eigenvalue weighted by Gasteiger charge is -2.32. The molecule has 0 radical (unpaired) electrons. The number of hydrogen-bond donors (Lipinski definition) is 1. The number of amides is 1. The zero-order chi connectivity index (χ0) is 21.2. The van der Waals surface area contributed by atoms with Gasteiger partial charge < -0.3 is 4.74 Å². The summed E-state index contributed by atoms with van der Waals surface area (Å²) in [5.74, 6) is 0.377. The Morgan fingerprint density at radius 3 is 2.73 bits per heavy atom. The number of benzene rings is 2. The molecule has 2 aliphatic heterocycles. The summed E-state index contributed by atoms with van der Waals surface area (Å²) in [5.41, 5.74) is 2.78. The minimum Gasteiger partial charge on any atom is -0.444 e. The summed E-state index contributed by atoms with van der Waals surface area (Å²) in [6.45, 7) is 10.5. The molecule has 3 aliphatic rings. The number of likely N-dealkylation sites (tertiary alicyclic amines) is 1. The standard InChI is InChI=1S/C24H26BrN3O2/c1-13-18-11-20(28(21(13)18)23(29)30-24(2,3)4)22-26-12-19(27-22)16-6-5-15-10-17(25)8-7-14(15)9-16/h5-10,18,20-22,26H,1,11-12H2,2-4H3. The molecule has 156 valence electrons. The van der Waals surface area contributed by atoms with E-state index in [0.717, 1.165) is 27.7 Å². The third-order valence-corrected chi connectivity index (χ3v) is 6.65. The Kier molecular flexibility index (Phi) is 4.56. The van der Waals surface area contributed by atoms with Crippen molar-refractivity contribution in [3.05, 3.63) is 58.6 Å². The van der Waals surface area contributed by atoms with Gasteiger partial charge in [-0.25, -0.2) is 4.79 Å². The first-order valence-corrected chi connectivity index (χ1v) is 11.2. The van der Waals surface area contributed by atoms with Gasteiger partial charge in [0.15, 0.2) is 0 Å². The van der Waals surface area contributed by atoms with Gasteiger partial charge in [-0.3, -0.25) is 15.2 Å². The Balaban J connectivity index is 1.39. The molecule has 4 unspecified atom stereocenters. The number of halogens is 1. The van der Waals surface area contributed by atoms with E-state index >= 15 is 0 Å². The van der Waals surface area contributed by atoms with E-state index in [0.29, 0.717) is 12.5 Å². The number of nitrogens with zero attached hydrogens (tertiary/aromatic N) is 2. The SMILES string of the molecule is C=C1C2CC(C3N=C(c4ccc5cc(Br)ccc5c4)CN3)N(C(=O)OC(C)(C)C)C12. The summed E-state index contributed by atoms with van der Waals surface area (Å²) >= 11 is 3.53. The predicted octanol–water partition coefficient (Wildman–Crippen LogP) is 4.88. The molecule has 0 spiro atoms. The first-order chi connectivity index (χ1) is 14.2. The van der Waals surface area contributed by atoms with Crippen molar-refractivity contribution >= 4 is 38.5 Å². The lowest BCUT2D eigenvalue weighted by atomic mass is 10.0. The topological polar surface area (TPSA) is 53.9 Å². The summed E-state index contributed by atoms with van der Waals surface area (Å²) in [7, 11) is 0. The fourth-order valence-corrected chi connectivity index (χ4v) is 5.07. The molecular weight excluding hydrogens is 442 g/mol. The highest BCUT2D eigenvalue weighted by molar-refractivity contribution is 9.10. The van der Waals surface area contributed by atoms with E-state index in [-0.39, 0.29) is 24.3 Å². The molecule has 30 heavy (non-hydrogen) atoms. The molecule has 1 amide bonds. The lowest BCUT2D eigenvalue weighted by molar-refractivity contribution is 0.0170. The highest BCUT2D eigenvalue weighted by Crippen LogP contribution is 2.53. The van der Waals surface area contributed by atoms with Gasteiger partial charge in [0.25, 0.3) is 0 Å². The molecule has 1 aliphatic carbocycles. The van der Waals surface area contributed by atoms with Crippen LogP contribution in [0.15, 0.2) is 58.0 Å². The normalized spacial score (nSPS) is 27.9. The van der Waals surface area contributed by atoms with E-state index in [9.17, 15) is 4.79 Å². The highest BCUT2D eigenvalue weighted by atomic mass is 79.9. The minimum absolute atomic E-state index is 0.00531. The van der Waals surface area contributed by atoms with Crippen LogP contribution in [0.5, 0.6) is 0 Å². The Bertz CT molecular complexity index is 1090. The molecule has 2 aromatic rings. The maximum absolute atomic E-state index is 12.9. The highest BCUT2D eigenvalue weighted by Gasteiger charge is 2.60. The predicted molar refractivity (Wildman–Crippen MR) is 123 cm³/mol. The summed E-state index contributed by atoms with van der Waals surface area (Å²) in [4.78, 5) is 19.8. The van der Waals surface area contributed by atoms with E-state index in [4.69, 9.17) is 9.73 Å². The second-order valence-electron chi connectivity index (χ2n) is 9.42. The van der Waals surface area contributed by atoms with E-state index < -0.39 is 5.60 Å². The van der Waals surface area contributed by atoms with Crippen LogP contribution >= 0.6 is 15.9 Å². The van der Waals surface area contributed by atoms with E-state index in [1.165, 1.54) is 10.8 Å². The molecule has 6 heteroatoms. The molecule has 1 saturated heterocycles. The van der Waals surface area contributed by atoms with Crippen molar-refractivity contribution in [2.45, 2.75) is 51.0 Å². The fraction of sp³-hybridized carbons (Fsp3) is 0.417. The van der Waals surface area contributed by atoms with Crippen molar-refractivity contribution in [2.75, 3.05) is 6.54 Å². The quantitative estimate of drug-likeness (QED) is 0.639. The Morgan fingerprint density at radius 2 is 1.97 bits per heavy atom. The van der Waals surface area contributed by atoms with Crippen LogP contribution in [0, 0.1) is 5.92 Å². The van der Waals surface area contributed by atoms with E-state index in [1.807, 2.05) is 25.7 Å². The minimum atomic E-state index is -0.520. The van der Waals surface area contributed by atoms with Gasteiger partial charge >= 0.3 is 6.09 Å². The molecular formula is C24H26BrN3O2. The Morgan fingerprint density at radius 1 is 1.23 bits per heavy atom. The number of nitrogens with one attached hydrogen (secondary N) is 1. The van der Waals surface area contributed by atoms with Gasteiger partial charge in [-0.15, -0.1) is 0 Å². The van der Waals surface area contributed by atoms with Gasteiger partial charge in [0, 0.05) is 16.9 Å². The van der Waals surface area contributed by atoms with Gasteiger partial charge in [0.2, 0.25) is 0 Å². The van der Waals surface area contributed by atoms with Gasteiger partial charge in [0.1, 0.15) is 11.8 Å². The van der Waals surface area contributed by atoms with Gasteiger partial charge in [-0.2, -0.15) is 0 Å². The van der Waals surface area contributed by atoms with Crippen LogP contribution in [0.1, 0.15) is 32.8 Å². The van der Waals surface area contributed by atoms with Crippen molar-refractivity contribution in [3.8, 4) is 0 Å². The molecule has 2 heterocycles. The van der Waals surface area contributed by atoms with E-state index in [1.54, 1.807) is 0 Å². The van der Waals surface area contributed by atoms with Crippen molar-refractivity contribution in [3.63, 3.8) is 0 Å². The monoisotopic (exact) mass is 467 g/mol. The van der Waals surface area contributed by atoms with Crippen molar-refractivity contribution in [2.24, 2.45) is 10.9 Å². The van der Waals surface area contributed by atoms with Crippen LogP contribution in [-0.4, -0.2) is 47.1 Å². The number of carbonyl (C=O) groups excluding carboxylic acids is 1. The maximum atomic E-state index is 12.9. The number of ether oxygens (including phenoxy) is 1. The van der Waals surface area contributed by atoms with Crippen LogP contribution in [-0.2, 0) is 4.74 Å². The largest absolute Gasteiger partial charge is 0.444 e. The zero-order valence-electron chi connectivity index (χ0n) is 17.5. The molecule has 1 N–H and O–H groups in total. The average molecular weight is 468 g/mol. The summed E-state index contributed by atoms with van der Waals surface area (Å²) in [6.07, 6.45) is 0.511. The fourth-order valence-electron chi connectivity index (χ4n) is 4.69. The molecule has 5 nitrogen and oxygen atoms in total. The summed E-state index contributed by atoms with van der Waals surface area (Å²) in [6, 6.07) is 12.8. The first-order valence-electron chi connectivity index (χ1n) is 10.4. The molecule has 0 bridgehead atoms.